The van der Waals surface area contributed by atoms with E-state index < -0.39 is 18.4 Å². The van der Waals surface area contributed by atoms with Crippen LogP contribution in [-0.4, -0.2) is 72.3 Å². The number of nitrogens with zero attached hydrogens (tertiary/aromatic N) is 3. The first-order valence-electron chi connectivity index (χ1n) is 12.6. The van der Waals surface area contributed by atoms with E-state index in [1.54, 1.807) is 0 Å². The van der Waals surface area contributed by atoms with Gasteiger partial charge in [0.05, 0.1) is 0 Å². The number of likely N-dealkylation sites (tertiary alicyclic amines) is 2. The van der Waals surface area contributed by atoms with Crippen LogP contribution in [0.15, 0.2) is 18.2 Å². The van der Waals surface area contributed by atoms with Gasteiger partial charge < -0.3 is 9.64 Å². The lowest BCUT2D eigenvalue weighted by molar-refractivity contribution is -0.200. The molecule has 3 aliphatic heterocycles. The van der Waals surface area contributed by atoms with Crippen LogP contribution in [0.25, 0.3) is 0 Å². The highest BCUT2D eigenvalue weighted by atomic mass is 19.4. The van der Waals surface area contributed by atoms with Crippen LogP contribution in [0.2, 0.25) is 0 Å². The molecule has 1 amide bonds. The molecule has 1 aromatic rings. The van der Waals surface area contributed by atoms with Crippen molar-refractivity contribution in [2.45, 2.75) is 71.8 Å². The van der Waals surface area contributed by atoms with E-state index in [0.29, 0.717) is 19.0 Å². The Balaban J connectivity index is 1.32. The zero-order valence-electron chi connectivity index (χ0n) is 20.7. The van der Waals surface area contributed by atoms with Gasteiger partial charge in [-0.1, -0.05) is 32.0 Å². The average Bonchev–Trinajstić information content (AvgIpc) is 3.15. The first kappa shape index (κ1) is 25.3. The van der Waals surface area contributed by atoms with E-state index in [1.165, 1.54) is 21.6 Å². The summed E-state index contributed by atoms with van der Waals surface area (Å²) in [6.45, 7) is 12.6. The molecule has 0 aromatic heterocycles. The van der Waals surface area contributed by atoms with E-state index in [-0.39, 0.29) is 5.41 Å². The molecule has 0 saturated carbocycles. The zero-order chi connectivity index (χ0) is 24.5. The molecule has 1 aromatic carbocycles. The van der Waals surface area contributed by atoms with Gasteiger partial charge in [0.2, 0.25) is 0 Å². The fourth-order valence-corrected chi connectivity index (χ4v) is 5.79. The first-order chi connectivity index (χ1) is 16.0. The molecule has 2 saturated heterocycles. The quantitative estimate of drug-likeness (QED) is 0.588. The van der Waals surface area contributed by atoms with E-state index in [4.69, 9.17) is 0 Å². The van der Waals surface area contributed by atoms with Crippen molar-refractivity contribution in [2.24, 2.45) is 11.3 Å². The van der Waals surface area contributed by atoms with Gasteiger partial charge in [0.1, 0.15) is 0 Å². The molecule has 3 aliphatic rings. The number of benzene rings is 1. The Hall–Kier alpha value is -1.80. The number of hydrogen-bond acceptors (Lipinski definition) is 4. The van der Waals surface area contributed by atoms with E-state index in [0.717, 1.165) is 71.9 Å². The third-order valence-electron chi connectivity index (χ3n) is 7.80. The maximum Gasteiger partial charge on any atom is 0.425 e. The molecule has 0 N–H and O–H groups in total. The number of ether oxygens (including phenoxy) is 1. The number of amides is 1. The monoisotopic (exact) mass is 481 g/mol. The first-order valence-corrected chi connectivity index (χ1v) is 12.6. The summed E-state index contributed by atoms with van der Waals surface area (Å²) in [5.41, 5.74) is 4.54. The second-order valence-electron chi connectivity index (χ2n) is 10.9. The largest absolute Gasteiger partial charge is 0.437 e. The van der Waals surface area contributed by atoms with E-state index in [1.807, 2.05) is 0 Å². The zero-order valence-corrected chi connectivity index (χ0v) is 20.7. The Kier molecular flexibility index (Phi) is 7.48. The van der Waals surface area contributed by atoms with Crippen molar-refractivity contribution in [3.8, 4) is 0 Å². The molecule has 3 heterocycles. The highest BCUT2D eigenvalue weighted by Gasteiger charge is 2.44. The predicted octanol–water partition coefficient (Wildman–Crippen LogP) is 5.08. The number of fused-ring (bicyclic) bond motifs is 1. The van der Waals surface area contributed by atoms with Gasteiger partial charge in [0.15, 0.2) is 6.10 Å². The molecule has 0 radical (unpaired) electrons. The summed E-state index contributed by atoms with van der Waals surface area (Å²) >= 11 is 0. The van der Waals surface area contributed by atoms with Gasteiger partial charge in [-0.15, -0.1) is 0 Å². The molecular weight excluding hydrogens is 443 g/mol. The molecule has 1 spiro atoms. The van der Waals surface area contributed by atoms with Gasteiger partial charge in [-0.3, -0.25) is 9.80 Å². The maximum absolute atomic E-state index is 12.7. The van der Waals surface area contributed by atoms with Crippen molar-refractivity contribution in [1.29, 1.82) is 0 Å². The Labute approximate surface area is 201 Å². The van der Waals surface area contributed by atoms with Crippen LogP contribution in [0, 0.1) is 11.3 Å². The van der Waals surface area contributed by atoms with Gasteiger partial charge in [-0.2, -0.15) is 13.2 Å². The molecule has 4 rings (SSSR count). The SMILES string of the molecule is CC(C)CN1CCc2cccc(CN3CCC4(CCN(C(=O)OC(C)C(F)(F)F)CC4)C3)c2C1. The fraction of sp³-hybridized carbons (Fsp3) is 0.731. The summed E-state index contributed by atoms with van der Waals surface area (Å²) in [6, 6.07) is 6.72. The summed E-state index contributed by atoms with van der Waals surface area (Å²) in [6.07, 6.45) is -3.65. The molecule has 190 valence electrons. The number of alkyl halides is 3. The summed E-state index contributed by atoms with van der Waals surface area (Å²) in [5.74, 6) is 0.659. The van der Waals surface area contributed by atoms with Gasteiger partial charge in [0, 0.05) is 45.8 Å². The minimum Gasteiger partial charge on any atom is -0.437 e. The molecule has 1 atom stereocenters. The smallest absolute Gasteiger partial charge is 0.425 e. The molecule has 5 nitrogen and oxygen atoms in total. The maximum atomic E-state index is 12.7. The van der Waals surface area contributed by atoms with Crippen molar-refractivity contribution in [2.75, 3.05) is 39.3 Å². The minimum atomic E-state index is -4.53. The van der Waals surface area contributed by atoms with Crippen LogP contribution in [0.3, 0.4) is 0 Å². The van der Waals surface area contributed by atoms with Crippen molar-refractivity contribution in [1.82, 2.24) is 14.7 Å². The highest BCUT2D eigenvalue weighted by molar-refractivity contribution is 5.68. The van der Waals surface area contributed by atoms with E-state index >= 15 is 0 Å². The van der Waals surface area contributed by atoms with Gasteiger partial charge in [-0.05, 0) is 67.2 Å². The Morgan fingerprint density at radius 1 is 1.06 bits per heavy atom. The van der Waals surface area contributed by atoms with Crippen molar-refractivity contribution < 1.29 is 22.7 Å². The molecular formula is C26H38F3N3O2. The van der Waals surface area contributed by atoms with Gasteiger partial charge in [-0.25, -0.2) is 4.79 Å². The lowest BCUT2D eigenvalue weighted by Gasteiger charge is -2.39. The second kappa shape index (κ2) is 10.1. The Bertz CT molecular complexity index is 865. The van der Waals surface area contributed by atoms with Crippen molar-refractivity contribution >= 4 is 6.09 Å². The number of rotatable bonds is 5. The molecule has 34 heavy (non-hydrogen) atoms. The number of hydrogen-bond donors (Lipinski definition) is 0. The highest BCUT2D eigenvalue weighted by Crippen LogP contribution is 2.41. The molecule has 0 bridgehead atoms. The van der Waals surface area contributed by atoms with E-state index in [2.05, 4.69) is 46.6 Å². The summed E-state index contributed by atoms with van der Waals surface area (Å²) < 4.78 is 42.8. The minimum absolute atomic E-state index is 0.144. The van der Waals surface area contributed by atoms with Crippen LogP contribution >= 0.6 is 0 Å². The third-order valence-corrected chi connectivity index (χ3v) is 7.80. The number of carbonyl (C=O) groups is 1. The Morgan fingerprint density at radius 2 is 1.76 bits per heavy atom. The van der Waals surface area contributed by atoms with E-state index in [9.17, 15) is 18.0 Å². The second-order valence-corrected chi connectivity index (χ2v) is 10.9. The fourth-order valence-electron chi connectivity index (χ4n) is 5.79. The van der Waals surface area contributed by atoms with Crippen LogP contribution in [0.1, 0.15) is 56.7 Å². The summed E-state index contributed by atoms with van der Waals surface area (Å²) in [5, 5.41) is 0. The predicted molar refractivity (Wildman–Crippen MR) is 125 cm³/mol. The van der Waals surface area contributed by atoms with Crippen LogP contribution < -0.4 is 0 Å². The third kappa shape index (κ3) is 5.88. The topological polar surface area (TPSA) is 36.0 Å². The lowest BCUT2D eigenvalue weighted by atomic mass is 9.78. The Morgan fingerprint density at radius 3 is 2.44 bits per heavy atom. The van der Waals surface area contributed by atoms with Gasteiger partial charge >= 0.3 is 12.3 Å². The molecule has 0 aliphatic carbocycles. The standard InChI is InChI=1S/C26H38F3N3O2/c1-19(2)15-30-11-7-21-5-4-6-22(23(21)17-30)16-31-12-8-25(18-31)9-13-32(14-10-25)24(33)34-20(3)26(27,28)29/h4-6,19-20H,7-18H2,1-3H3. The van der Waals surface area contributed by atoms with Crippen LogP contribution in [0.5, 0.6) is 0 Å². The number of piperidine rings is 1. The normalized spacial score (nSPS) is 22.3. The number of carbonyl (C=O) groups excluding carboxylic acids is 1. The average molecular weight is 482 g/mol. The van der Waals surface area contributed by atoms with Gasteiger partial charge in [0.25, 0.3) is 0 Å². The summed E-state index contributed by atoms with van der Waals surface area (Å²) in [7, 11) is 0. The van der Waals surface area contributed by atoms with Crippen molar-refractivity contribution in [3.63, 3.8) is 0 Å². The lowest BCUT2D eigenvalue weighted by Crippen LogP contribution is -2.46. The molecule has 8 heteroatoms. The van der Waals surface area contributed by atoms with Crippen molar-refractivity contribution in [3.05, 3.63) is 34.9 Å². The molecule has 2 fully saturated rings. The number of halogens is 3. The summed E-state index contributed by atoms with van der Waals surface area (Å²) in [4.78, 5) is 18.7. The molecule has 1 unspecified atom stereocenters. The van der Waals surface area contributed by atoms with Crippen LogP contribution in [-0.2, 0) is 24.2 Å². The van der Waals surface area contributed by atoms with Crippen LogP contribution in [0.4, 0.5) is 18.0 Å².